The van der Waals surface area contributed by atoms with E-state index in [9.17, 15) is 18.0 Å². The number of aromatic nitrogens is 3. The summed E-state index contributed by atoms with van der Waals surface area (Å²) >= 11 is 1.40. The maximum atomic E-state index is 13.8. The minimum Gasteiger partial charge on any atom is -0.383 e. The molecule has 3 rings (SSSR count). The molecule has 9 nitrogen and oxygen atoms in total. The fourth-order valence-corrected chi connectivity index (χ4v) is 4.26. The fourth-order valence-electron chi connectivity index (χ4n) is 3.49. The number of likely N-dealkylation sites (N-methyl/N-ethyl adjacent to an activating group) is 1. The molecule has 190 valence electrons. The van der Waals surface area contributed by atoms with Crippen molar-refractivity contribution in [1.29, 1.82) is 0 Å². The Morgan fingerprint density at radius 1 is 1.20 bits per heavy atom. The van der Waals surface area contributed by atoms with E-state index in [1.54, 1.807) is 13.8 Å². The first-order chi connectivity index (χ1) is 16.5. The lowest BCUT2D eigenvalue weighted by atomic mass is 10.1. The molecule has 13 heteroatoms. The summed E-state index contributed by atoms with van der Waals surface area (Å²) in [5, 5.41) is 5.86. The topological polar surface area (TPSA) is 102 Å². The molecule has 3 aromatic heterocycles. The molecule has 0 radical (unpaired) electrons. The first-order valence-corrected chi connectivity index (χ1v) is 11.4. The largest absolute Gasteiger partial charge is 0.420 e. The number of amides is 2. The van der Waals surface area contributed by atoms with Crippen LogP contribution in [0.5, 0.6) is 0 Å². The number of rotatable bonds is 8. The van der Waals surface area contributed by atoms with Crippen molar-refractivity contribution in [3.8, 4) is 0 Å². The van der Waals surface area contributed by atoms with Crippen LogP contribution >= 0.6 is 11.3 Å². The van der Waals surface area contributed by atoms with Gasteiger partial charge in [0.05, 0.1) is 47.5 Å². The molecular formula is C22H27F3N6O3S. The SMILES string of the molecule is COC[C@@H](C)N(C)c1ncc(NC(=O)Nc2cnc3sc(C)nc3c2[C@H](C)OC)cc1C(F)(F)F. The van der Waals surface area contributed by atoms with Gasteiger partial charge in [0.2, 0.25) is 0 Å². The van der Waals surface area contributed by atoms with E-state index in [0.29, 0.717) is 21.6 Å². The van der Waals surface area contributed by atoms with Crippen LogP contribution in [0.3, 0.4) is 0 Å². The second-order valence-corrected chi connectivity index (χ2v) is 9.12. The van der Waals surface area contributed by atoms with Gasteiger partial charge >= 0.3 is 12.2 Å². The standard InChI is InChI=1S/C22H27F3N6O3S/c1-11(10-33-5)31(4)19-15(22(23,24)25)7-14(8-26-19)29-21(32)30-16-9-27-20-18(28-13(3)35-20)17(16)12(2)34-6/h7-9,11-12H,10H2,1-6H3,(H2,29,30,32)/t11-,12+/m1/s1. The smallest absolute Gasteiger partial charge is 0.383 e. The number of aryl methyl sites for hydroxylation is 1. The van der Waals surface area contributed by atoms with Gasteiger partial charge < -0.3 is 25.0 Å². The Morgan fingerprint density at radius 3 is 2.54 bits per heavy atom. The molecule has 0 spiro atoms. The zero-order chi connectivity index (χ0) is 25.9. The summed E-state index contributed by atoms with van der Waals surface area (Å²) in [4.78, 5) is 27.6. The van der Waals surface area contributed by atoms with Crippen LogP contribution in [0.25, 0.3) is 10.3 Å². The van der Waals surface area contributed by atoms with Crippen LogP contribution in [0, 0.1) is 6.92 Å². The lowest BCUT2D eigenvalue weighted by molar-refractivity contribution is -0.137. The second kappa shape index (κ2) is 10.7. The van der Waals surface area contributed by atoms with Gasteiger partial charge in [-0.25, -0.2) is 19.7 Å². The molecule has 2 amide bonds. The summed E-state index contributed by atoms with van der Waals surface area (Å²) in [6.45, 7) is 5.58. The van der Waals surface area contributed by atoms with E-state index in [2.05, 4.69) is 25.6 Å². The Bertz CT molecular complexity index is 1200. The first kappa shape index (κ1) is 26.6. The quantitative estimate of drug-likeness (QED) is 0.426. The van der Waals surface area contributed by atoms with E-state index in [0.717, 1.165) is 11.1 Å². The van der Waals surface area contributed by atoms with Crippen LogP contribution in [0.4, 0.5) is 35.2 Å². The van der Waals surface area contributed by atoms with Crippen molar-refractivity contribution in [2.75, 3.05) is 43.4 Å². The number of urea groups is 1. The maximum absolute atomic E-state index is 13.8. The number of halogens is 3. The molecule has 0 aliphatic carbocycles. The van der Waals surface area contributed by atoms with Crippen molar-refractivity contribution in [3.05, 3.63) is 34.6 Å². The van der Waals surface area contributed by atoms with Crippen LogP contribution in [0.1, 0.15) is 36.1 Å². The highest BCUT2D eigenvalue weighted by Crippen LogP contribution is 2.37. The zero-order valence-corrected chi connectivity index (χ0v) is 21.0. The number of hydrogen-bond donors (Lipinski definition) is 2. The summed E-state index contributed by atoms with van der Waals surface area (Å²) in [7, 11) is 4.50. The maximum Gasteiger partial charge on any atom is 0.420 e. The van der Waals surface area contributed by atoms with Crippen molar-refractivity contribution < 1.29 is 27.4 Å². The van der Waals surface area contributed by atoms with Gasteiger partial charge in [-0.1, -0.05) is 11.3 Å². The number of nitrogens with zero attached hydrogens (tertiary/aromatic N) is 4. The molecule has 0 fully saturated rings. The molecule has 0 bridgehead atoms. The highest BCUT2D eigenvalue weighted by molar-refractivity contribution is 7.18. The van der Waals surface area contributed by atoms with Crippen molar-refractivity contribution >= 4 is 44.9 Å². The van der Waals surface area contributed by atoms with E-state index < -0.39 is 23.9 Å². The molecule has 0 aromatic carbocycles. The summed E-state index contributed by atoms with van der Waals surface area (Å²) in [6.07, 6.45) is -2.46. The van der Waals surface area contributed by atoms with E-state index in [4.69, 9.17) is 9.47 Å². The number of alkyl halides is 3. The molecule has 0 aliphatic rings. The van der Waals surface area contributed by atoms with Gasteiger partial charge in [0.15, 0.2) is 0 Å². The lowest BCUT2D eigenvalue weighted by Crippen LogP contribution is -2.35. The van der Waals surface area contributed by atoms with Crippen molar-refractivity contribution in [1.82, 2.24) is 15.0 Å². The van der Waals surface area contributed by atoms with Gasteiger partial charge in [0, 0.05) is 26.8 Å². The zero-order valence-electron chi connectivity index (χ0n) is 20.1. The lowest BCUT2D eigenvalue weighted by Gasteiger charge is -2.28. The molecular weight excluding hydrogens is 485 g/mol. The Hall–Kier alpha value is -3.03. The molecule has 3 heterocycles. The minimum atomic E-state index is -4.68. The molecule has 0 aliphatic heterocycles. The van der Waals surface area contributed by atoms with E-state index in [-0.39, 0.29) is 24.2 Å². The highest BCUT2D eigenvalue weighted by atomic mass is 32.1. The minimum absolute atomic E-state index is 0.119. The van der Waals surface area contributed by atoms with Gasteiger partial charge in [0.1, 0.15) is 21.7 Å². The Balaban J connectivity index is 1.89. The molecule has 35 heavy (non-hydrogen) atoms. The summed E-state index contributed by atoms with van der Waals surface area (Å²) in [5.41, 5.74) is 0.457. The number of fused-ring (bicyclic) bond motifs is 1. The third-order valence-corrected chi connectivity index (χ3v) is 6.29. The summed E-state index contributed by atoms with van der Waals surface area (Å²) in [5.74, 6) is -0.266. The number of thiazole rings is 1. The van der Waals surface area contributed by atoms with Gasteiger partial charge in [-0.2, -0.15) is 13.2 Å². The third-order valence-electron chi connectivity index (χ3n) is 5.41. The number of methoxy groups -OCH3 is 2. The summed E-state index contributed by atoms with van der Waals surface area (Å²) < 4.78 is 51.9. The normalized spacial score (nSPS) is 13.5. The van der Waals surface area contributed by atoms with Gasteiger partial charge in [-0.3, -0.25) is 0 Å². The fraction of sp³-hybridized carbons (Fsp3) is 0.455. The Kier molecular flexibility index (Phi) is 8.13. The molecule has 3 aromatic rings. The van der Waals surface area contributed by atoms with Gasteiger partial charge in [-0.15, -0.1) is 0 Å². The van der Waals surface area contributed by atoms with E-state index in [1.165, 1.54) is 49.9 Å². The van der Waals surface area contributed by atoms with Crippen LogP contribution in [0.15, 0.2) is 18.5 Å². The molecule has 2 atom stereocenters. The van der Waals surface area contributed by atoms with Crippen LogP contribution in [-0.4, -0.2) is 54.9 Å². The first-order valence-electron chi connectivity index (χ1n) is 10.6. The average molecular weight is 513 g/mol. The Labute approximate surface area is 204 Å². The van der Waals surface area contributed by atoms with Crippen molar-refractivity contribution in [3.63, 3.8) is 0 Å². The average Bonchev–Trinajstić information content (AvgIpc) is 3.17. The molecule has 2 N–H and O–H groups in total. The number of ether oxygens (including phenoxy) is 2. The molecule has 0 unspecified atom stereocenters. The third kappa shape index (κ3) is 5.97. The number of hydrogen-bond acceptors (Lipinski definition) is 8. The second-order valence-electron chi connectivity index (χ2n) is 7.94. The predicted octanol–water partition coefficient (Wildman–Crippen LogP) is 5.24. The number of carbonyl (C=O) groups is 1. The molecule has 0 saturated carbocycles. The van der Waals surface area contributed by atoms with E-state index in [1.807, 2.05) is 6.92 Å². The summed E-state index contributed by atoms with van der Waals surface area (Å²) in [6, 6.07) is -0.262. The van der Waals surface area contributed by atoms with Gasteiger partial charge in [-0.05, 0) is 26.8 Å². The molecule has 0 saturated heterocycles. The number of pyridine rings is 2. The number of carbonyl (C=O) groups excluding carboxylic acids is 1. The van der Waals surface area contributed by atoms with Crippen molar-refractivity contribution in [2.24, 2.45) is 0 Å². The van der Waals surface area contributed by atoms with E-state index >= 15 is 0 Å². The predicted molar refractivity (Wildman–Crippen MR) is 129 cm³/mol. The number of nitrogens with one attached hydrogen (secondary N) is 2. The number of anilines is 3. The van der Waals surface area contributed by atoms with Crippen LogP contribution in [0.2, 0.25) is 0 Å². The van der Waals surface area contributed by atoms with Crippen molar-refractivity contribution in [2.45, 2.75) is 39.1 Å². The van der Waals surface area contributed by atoms with Crippen LogP contribution < -0.4 is 15.5 Å². The monoisotopic (exact) mass is 512 g/mol. The van der Waals surface area contributed by atoms with Gasteiger partial charge in [0.25, 0.3) is 0 Å². The Morgan fingerprint density at radius 2 is 1.91 bits per heavy atom. The highest BCUT2D eigenvalue weighted by Gasteiger charge is 2.36. The van der Waals surface area contributed by atoms with Crippen LogP contribution in [-0.2, 0) is 15.7 Å².